The highest BCUT2D eigenvalue weighted by Gasteiger charge is 2.35. The van der Waals surface area contributed by atoms with E-state index in [0.29, 0.717) is 24.2 Å². The Morgan fingerprint density at radius 2 is 1.90 bits per heavy atom. The monoisotopic (exact) mass is 309 g/mol. The van der Waals surface area contributed by atoms with E-state index in [1.54, 1.807) is 0 Å². The van der Waals surface area contributed by atoms with Crippen molar-refractivity contribution in [2.24, 2.45) is 0 Å². The maximum atomic E-state index is 5.94. The van der Waals surface area contributed by atoms with Crippen molar-refractivity contribution in [3.63, 3.8) is 0 Å². The summed E-state index contributed by atoms with van der Waals surface area (Å²) in [6, 6.07) is 0.509. The SMILES string of the molecule is CC(C)NCc1sc(N2CC3CCC(C2)O3)nc1C(C)C. The normalized spacial score (nSPS) is 25.3. The third kappa shape index (κ3) is 3.41. The van der Waals surface area contributed by atoms with E-state index < -0.39 is 0 Å². The predicted octanol–water partition coefficient (Wildman–Crippen LogP) is 3.13. The molecule has 0 radical (unpaired) electrons. The standard InChI is InChI=1S/C16H27N3OS/c1-10(2)15-14(7-17-11(3)4)21-16(18-15)19-8-12-5-6-13(9-19)20-12/h10-13,17H,5-9H2,1-4H3. The summed E-state index contributed by atoms with van der Waals surface area (Å²) in [7, 11) is 0. The molecule has 4 nitrogen and oxygen atoms in total. The molecule has 21 heavy (non-hydrogen) atoms. The fourth-order valence-electron chi connectivity index (χ4n) is 3.13. The molecule has 3 heterocycles. The maximum absolute atomic E-state index is 5.94. The van der Waals surface area contributed by atoms with Gasteiger partial charge in [-0.2, -0.15) is 0 Å². The van der Waals surface area contributed by atoms with Gasteiger partial charge in [-0.05, 0) is 18.8 Å². The molecule has 0 aromatic carbocycles. The molecule has 5 heteroatoms. The molecule has 2 fully saturated rings. The average molecular weight is 309 g/mol. The number of hydrogen-bond acceptors (Lipinski definition) is 5. The van der Waals surface area contributed by atoms with Crippen LogP contribution in [0.2, 0.25) is 0 Å². The van der Waals surface area contributed by atoms with Gasteiger partial charge in [-0.25, -0.2) is 4.98 Å². The second-order valence-electron chi connectivity index (χ2n) is 6.86. The minimum atomic E-state index is 0.424. The van der Waals surface area contributed by atoms with Crippen LogP contribution in [-0.2, 0) is 11.3 Å². The van der Waals surface area contributed by atoms with Crippen LogP contribution in [0.5, 0.6) is 0 Å². The number of aromatic nitrogens is 1. The first-order valence-corrected chi connectivity index (χ1v) is 8.98. The van der Waals surface area contributed by atoms with E-state index in [-0.39, 0.29) is 0 Å². The van der Waals surface area contributed by atoms with E-state index in [4.69, 9.17) is 9.72 Å². The average Bonchev–Trinajstić information content (AvgIpc) is 3.00. The van der Waals surface area contributed by atoms with Crippen LogP contribution < -0.4 is 10.2 Å². The van der Waals surface area contributed by atoms with Crippen molar-refractivity contribution < 1.29 is 4.74 Å². The van der Waals surface area contributed by atoms with Crippen LogP contribution in [0.25, 0.3) is 0 Å². The minimum absolute atomic E-state index is 0.424. The van der Waals surface area contributed by atoms with E-state index in [9.17, 15) is 0 Å². The predicted molar refractivity (Wildman–Crippen MR) is 88.3 cm³/mol. The third-order valence-electron chi connectivity index (χ3n) is 4.25. The number of rotatable bonds is 5. The Morgan fingerprint density at radius 3 is 2.48 bits per heavy atom. The molecule has 1 aromatic rings. The Hall–Kier alpha value is -0.650. The van der Waals surface area contributed by atoms with E-state index in [2.05, 4.69) is 37.9 Å². The van der Waals surface area contributed by atoms with Crippen molar-refractivity contribution >= 4 is 16.5 Å². The van der Waals surface area contributed by atoms with Crippen molar-refractivity contribution in [1.82, 2.24) is 10.3 Å². The van der Waals surface area contributed by atoms with E-state index in [1.165, 1.54) is 28.5 Å². The van der Waals surface area contributed by atoms with Crippen LogP contribution in [-0.4, -0.2) is 36.3 Å². The van der Waals surface area contributed by atoms with E-state index >= 15 is 0 Å². The zero-order valence-electron chi connectivity index (χ0n) is 13.6. The number of morpholine rings is 1. The summed E-state index contributed by atoms with van der Waals surface area (Å²) in [5, 5.41) is 4.72. The summed E-state index contributed by atoms with van der Waals surface area (Å²) in [5.74, 6) is 0.483. The molecule has 0 saturated carbocycles. The van der Waals surface area contributed by atoms with Crippen LogP contribution in [0.15, 0.2) is 0 Å². The molecule has 0 spiro atoms. The number of ether oxygens (including phenoxy) is 1. The van der Waals surface area contributed by atoms with Gasteiger partial charge in [0.05, 0.1) is 17.9 Å². The summed E-state index contributed by atoms with van der Waals surface area (Å²) >= 11 is 1.86. The maximum Gasteiger partial charge on any atom is 0.186 e. The highest BCUT2D eigenvalue weighted by molar-refractivity contribution is 7.15. The number of fused-ring (bicyclic) bond motifs is 2. The van der Waals surface area contributed by atoms with Gasteiger partial charge in [0.1, 0.15) is 0 Å². The fraction of sp³-hybridized carbons (Fsp3) is 0.812. The molecule has 2 aliphatic rings. The topological polar surface area (TPSA) is 37.4 Å². The lowest BCUT2D eigenvalue weighted by molar-refractivity contribution is 0.0305. The molecular formula is C16H27N3OS. The zero-order chi connectivity index (χ0) is 15.0. The van der Waals surface area contributed by atoms with Gasteiger partial charge in [0.25, 0.3) is 0 Å². The summed E-state index contributed by atoms with van der Waals surface area (Å²) in [6.07, 6.45) is 3.27. The van der Waals surface area contributed by atoms with Crippen LogP contribution >= 0.6 is 11.3 Å². The van der Waals surface area contributed by atoms with Gasteiger partial charge < -0.3 is 15.0 Å². The van der Waals surface area contributed by atoms with Gasteiger partial charge in [-0.3, -0.25) is 0 Å². The number of thiazole rings is 1. The second kappa shape index (κ2) is 6.23. The van der Waals surface area contributed by atoms with E-state index in [1.807, 2.05) is 11.3 Å². The Bertz CT molecular complexity index is 474. The fourth-order valence-corrected chi connectivity index (χ4v) is 4.32. The molecule has 0 aliphatic carbocycles. The van der Waals surface area contributed by atoms with Crippen molar-refractivity contribution in [3.8, 4) is 0 Å². The van der Waals surface area contributed by atoms with Gasteiger partial charge in [-0.1, -0.05) is 27.7 Å². The van der Waals surface area contributed by atoms with Crippen molar-refractivity contribution in [2.75, 3.05) is 18.0 Å². The Kier molecular flexibility index (Phi) is 4.52. The Balaban J connectivity index is 1.77. The molecule has 2 atom stereocenters. The first kappa shape index (κ1) is 15.3. The van der Waals surface area contributed by atoms with Gasteiger partial charge in [-0.15, -0.1) is 11.3 Å². The molecule has 1 N–H and O–H groups in total. The smallest absolute Gasteiger partial charge is 0.186 e. The van der Waals surface area contributed by atoms with Crippen molar-refractivity contribution in [2.45, 2.75) is 71.2 Å². The molecule has 2 saturated heterocycles. The van der Waals surface area contributed by atoms with Crippen LogP contribution in [0.1, 0.15) is 57.0 Å². The zero-order valence-corrected chi connectivity index (χ0v) is 14.4. The van der Waals surface area contributed by atoms with Crippen molar-refractivity contribution in [1.29, 1.82) is 0 Å². The minimum Gasteiger partial charge on any atom is -0.371 e. The lowest BCUT2D eigenvalue weighted by Crippen LogP contribution is -2.42. The van der Waals surface area contributed by atoms with E-state index in [0.717, 1.165) is 19.6 Å². The van der Waals surface area contributed by atoms with Gasteiger partial charge in [0.2, 0.25) is 0 Å². The van der Waals surface area contributed by atoms with Crippen molar-refractivity contribution in [3.05, 3.63) is 10.6 Å². The van der Waals surface area contributed by atoms with Gasteiger partial charge >= 0.3 is 0 Å². The summed E-state index contributed by atoms with van der Waals surface area (Å²) in [4.78, 5) is 8.80. The molecule has 2 unspecified atom stereocenters. The molecule has 2 aliphatic heterocycles. The lowest BCUT2D eigenvalue weighted by Gasteiger charge is -2.31. The van der Waals surface area contributed by atoms with Gasteiger partial charge in [0, 0.05) is 30.6 Å². The van der Waals surface area contributed by atoms with Crippen LogP contribution in [0.3, 0.4) is 0 Å². The number of nitrogens with one attached hydrogen (secondary N) is 1. The van der Waals surface area contributed by atoms with Gasteiger partial charge in [0.15, 0.2) is 5.13 Å². The Labute approximate surface area is 131 Å². The molecule has 118 valence electrons. The molecule has 2 bridgehead atoms. The third-order valence-corrected chi connectivity index (χ3v) is 5.38. The highest BCUT2D eigenvalue weighted by atomic mass is 32.1. The molecule has 1 aromatic heterocycles. The Morgan fingerprint density at radius 1 is 1.24 bits per heavy atom. The van der Waals surface area contributed by atoms with Crippen LogP contribution in [0, 0.1) is 0 Å². The summed E-state index contributed by atoms with van der Waals surface area (Å²) in [5.41, 5.74) is 1.27. The summed E-state index contributed by atoms with van der Waals surface area (Å²) in [6.45, 7) is 11.8. The molecule has 0 amide bonds. The first-order valence-electron chi connectivity index (χ1n) is 8.16. The molecular weight excluding hydrogens is 282 g/mol. The second-order valence-corrected chi connectivity index (χ2v) is 7.92. The quantitative estimate of drug-likeness (QED) is 0.907. The largest absolute Gasteiger partial charge is 0.371 e. The van der Waals surface area contributed by atoms with Crippen LogP contribution in [0.4, 0.5) is 5.13 Å². The first-order chi connectivity index (χ1) is 10.0. The lowest BCUT2D eigenvalue weighted by atomic mass is 10.1. The number of anilines is 1. The highest BCUT2D eigenvalue weighted by Crippen LogP contribution is 2.35. The number of nitrogens with zero attached hydrogens (tertiary/aromatic N) is 2. The molecule has 3 rings (SSSR count). The summed E-state index contributed by atoms with van der Waals surface area (Å²) < 4.78 is 5.94. The number of hydrogen-bond donors (Lipinski definition) is 1.